The summed E-state index contributed by atoms with van der Waals surface area (Å²) in [5.41, 5.74) is 1.54. The predicted molar refractivity (Wildman–Crippen MR) is 108 cm³/mol. The summed E-state index contributed by atoms with van der Waals surface area (Å²) in [6.07, 6.45) is 0. The summed E-state index contributed by atoms with van der Waals surface area (Å²) in [6, 6.07) is 16.2. The molecule has 28 heavy (non-hydrogen) atoms. The van der Waals surface area contributed by atoms with Crippen molar-refractivity contribution in [1.82, 2.24) is 10.6 Å². The molecule has 0 radical (unpaired) electrons. The zero-order valence-electron chi connectivity index (χ0n) is 15.7. The molecule has 1 heterocycles. The fourth-order valence-corrected chi connectivity index (χ4v) is 3.74. The fraction of sp³-hybridized carbons (Fsp3) is 0.238. The maximum Gasteiger partial charge on any atom is 0.338 e. The number of methoxy groups -OCH3 is 1. The number of amides is 2. The monoisotopic (exact) mass is 398 g/mol. The lowest BCUT2D eigenvalue weighted by atomic mass is 9.95. The van der Waals surface area contributed by atoms with Crippen molar-refractivity contribution >= 4 is 23.8 Å². The highest BCUT2D eigenvalue weighted by atomic mass is 32.2. The van der Waals surface area contributed by atoms with Gasteiger partial charge in [0.05, 0.1) is 18.7 Å². The van der Waals surface area contributed by atoms with E-state index in [1.807, 2.05) is 48.5 Å². The van der Waals surface area contributed by atoms with Crippen LogP contribution in [0, 0.1) is 0 Å². The highest BCUT2D eigenvalue weighted by Crippen LogP contribution is 2.33. The number of hydrogen-bond acceptors (Lipinski definition) is 5. The molecule has 0 saturated carbocycles. The first kappa shape index (κ1) is 19.8. The average molecular weight is 398 g/mol. The minimum atomic E-state index is -0.640. The lowest BCUT2D eigenvalue weighted by Gasteiger charge is -2.29. The molecule has 0 saturated heterocycles. The first-order valence-corrected chi connectivity index (χ1v) is 9.85. The molecular weight excluding hydrogens is 376 g/mol. The van der Waals surface area contributed by atoms with Crippen molar-refractivity contribution in [3.8, 4) is 5.75 Å². The van der Waals surface area contributed by atoms with Crippen LogP contribution in [-0.2, 0) is 9.53 Å². The zero-order valence-corrected chi connectivity index (χ0v) is 16.5. The van der Waals surface area contributed by atoms with Gasteiger partial charge in [-0.25, -0.2) is 9.59 Å². The maximum atomic E-state index is 12.8. The van der Waals surface area contributed by atoms with Crippen molar-refractivity contribution in [1.29, 1.82) is 0 Å². The number of para-hydroxylation sites is 1. The van der Waals surface area contributed by atoms with Crippen LogP contribution >= 0.6 is 11.8 Å². The summed E-state index contributed by atoms with van der Waals surface area (Å²) in [5, 5.41) is 5.44. The van der Waals surface area contributed by atoms with E-state index in [9.17, 15) is 9.59 Å². The van der Waals surface area contributed by atoms with Gasteiger partial charge in [0, 0.05) is 21.9 Å². The number of hydrogen-bond donors (Lipinski definition) is 2. The number of carbonyl (C=O) groups excluding carboxylic acids is 2. The molecule has 2 N–H and O–H groups in total. The van der Waals surface area contributed by atoms with Crippen LogP contribution in [0.3, 0.4) is 0 Å². The van der Waals surface area contributed by atoms with E-state index < -0.39 is 12.0 Å². The molecule has 2 amide bonds. The number of allylic oxidation sites excluding steroid dienone is 1. The van der Waals surface area contributed by atoms with Crippen molar-refractivity contribution in [3.63, 3.8) is 0 Å². The van der Waals surface area contributed by atoms with E-state index >= 15 is 0 Å². The Bertz CT molecular complexity index is 883. The Kier molecular flexibility index (Phi) is 6.60. The summed E-state index contributed by atoms with van der Waals surface area (Å²) in [7, 11) is 1.55. The Labute approximate surface area is 168 Å². The second kappa shape index (κ2) is 9.32. The number of nitrogens with one attached hydrogen (secondary N) is 2. The van der Waals surface area contributed by atoms with E-state index in [1.165, 1.54) is 0 Å². The van der Waals surface area contributed by atoms with Crippen molar-refractivity contribution in [2.45, 2.75) is 17.9 Å². The minimum absolute atomic E-state index is 0.266. The van der Waals surface area contributed by atoms with Crippen LogP contribution in [0.4, 0.5) is 4.79 Å². The van der Waals surface area contributed by atoms with E-state index in [2.05, 4.69) is 10.6 Å². The largest absolute Gasteiger partial charge is 0.496 e. The number of urea groups is 1. The number of esters is 1. The summed E-state index contributed by atoms with van der Waals surface area (Å²) < 4.78 is 10.9. The van der Waals surface area contributed by atoms with Gasteiger partial charge in [0.2, 0.25) is 0 Å². The Morgan fingerprint density at radius 3 is 2.57 bits per heavy atom. The molecule has 2 aromatic carbocycles. The topological polar surface area (TPSA) is 76.7 Å². The molecular formula is C21H22N2O4S. The highest BCUT2D eigenvalue weighted by Gasteiger charge is 2.33. The molecule has 2 aromatic rings. The van der Waals surface area contributed by atoms with Gasteiger partial charge in [-0.05, 0) is 25.1 Å². The highest BCUT2D eigenvalue weighted by molar-refractivity contribution is 7.99. The molecule has 0 unspecified atom stereocenters. The molecule has 1 aliphatic heterocycles. The summed E-state index contributed by atoms with van der Waals surface area (Å²) in [6.45, 7) is 1.96. The van der Waals surface area contributed by atoms with Gasteiger partial charge in [-0.1, -0.05) is 36.4 Å². The average Bonchev–Trinajstić information content (AvgIpc) is 2.71. The molecule has 0 aliphatic carbocycles. The molecule has 1 atom stereocenters. The molecule has 6 nitrogen and oxygen atoms in total. The molecule has 146 valence electrons. The van der Waals surface area contributed by atoms with Crippen LogP contribution in [0.25, 0.3) is 0 Å². The van der Waals surface area contributed by atoms with E-state index in [-0.39, 0.29) is 12.6 Å². The summed E-state index contributed by atoms with van der Waals surface area (Å²) in [5.74, 6) is 0.767. The summed E-state index contributed by atoms with van der Waals surface area (Å²) >= 11 is 1.61. The number of benzene rings is 2. The Balaban J connectivity index is 1.72. The van der Waals surface area contributed by atoms with Gasteiger partial charge in [-0.15, -0.1) is 11.8 Å². The third kappa shape index (κ3) is 4.67. The van der Waals surface area contributed by atoms with Crippen LogP contribution in [0.5, 0.6) is 5.75 Å². The second-order valence-corrected chi connectivity index (χ2v) is 7.28. The van der Waals surface area contributed by atoms with Gasteiger partial charge in [-0.2, -0.15) is 0 Å². The Morgan fingerprint density at radius 2 is 1.82 bits per heavy atom. The van der Waals surface area contributed by atoms with Gasteiger partial charge < -0.3 is 20.1 Å². The maximum absolute atomic E-state index is 12.8. The molecule has 0 fully saturated rings. The predicted octanol–water partition coefficient (Wildman–Crippen LogP) is 3.66. The third-order valence-electron chi connectivity index (χ3n) is 4.27. The normalized spacial score (nSPS) is 16.2. The van der Waals surface area contributed by atoms with Crippen LogP contribution in [-0.4, -0.2) is 31.5 Å². The van der Waals surface area contributed by atoms with E-state index in [1.54, 1.807) is 31.9 Å². The molecule has 7 heteroatoms. The lowest BCUT2D eigenvalue weighted by Crippen LogP contribution is -2.45. The van der Waals surface area contributed by atoms with Crippen LogP contribution in [0.1, 0.15) is 18.5 Å². The van der Waals surface area contributed by atoms with Crippen molar-refractivity contribution in [2.75, 3.05) is 19.5 Å². The quantitative estimate of drug-likeness (QED) is 0.423. The van der Waals surface area contributed by atoms with E-state index in [0.717, 1.165) is 4.90 Å². The van der Waals surface area contributed by atoms with Gasteiger partial charge >= 0.3 is 12.0 Å². The van der Waals surface area contributed by atoms with Gasteiger partial charge in [0.1, 0.15) is 12.4 Å². The molecule has 3 rings (SSSR count). The molecule has 0 aromatic heterocycles. The van der Waals surface area contributed by atoms with Crippen LogP contribution in [0.15, 0.2) is 70.8 Å². The SMILES string of the molecule is COc1ccccc1[C@@H]1NC(=O)NC(C)=C1C(=O)OCCSc1ccccc1. The lowest BCUT2D eigenvalue weighted by molar-refractivity contribution is -0.138. The first-order valence-electron chi connectivity index (χ1n) is 8.86. The number of ether oxygens (including phenoxy) is 2. The number of rotatable bonds is 7. The standard InChI is InChI=1S/C21H22N2O4S/c1-14-18(20(24)27-12-13-28-15-8-4-3-5-9-15)19(23-21(25)22-14)16-10-6-7-11-17(16)26-2/h3-11,19H,12-13H2,1-2H3,(H2,22,23,25)/t19-/m0/s1. The van der Waals surface area contributed by atoms with Crippen molar-refractivity contribution in [3.05, 3.63) is 71.4 Å². The molecule has 0 spiro atoms. The van der Waals surface area contributed by atoms with Crippen LogP contribution in [0.2, 0.25) is 0 Å². The summed E-state index contributed by atoms with van der Waals surface area (Å²) in [4.78, 5) is 25.9. The van der Waals surface area contributed by atoms with Crippen molar-refractivity contribution in [2.24, 2.45) is 0 Å². The fourth-order valence-electron chi connectivity index (χ4n) is 2.99. The Hall–Kier alpha value is -2.93. The minimum Gasteiger partial charge on any atom is -0.496 e. The zero-order chi connectivity index (χ0) is 19.9. The van der Waals surface area contributed by atoms with E-state index in [0.29, 0.717) is 28.3 Å². The molecule has 0 bridgehead atoms. The van der Waals surface area contributed by atoms with Crippen LogP contribution < -0.4 is 15.4 Å². The van der Waals surface area contributed by atoms with Gasteiger partial charge in [-0.3, -0.25) is 0 Å². The van der Waals surface area contributed by atoms with Crippen molar-refractivity contribution < 1.29 is 19.1 Å². The first-order chi connectivity index (χ1) is 13.6. The smallest absolute Gasteiger partial charge is 0.338 e. The number of thioether (sulfide) groups is 1. The van der Waals surface area contributed by atoms with Gasteiger partial charge in [0.25, 0.3) is 0 Å². The second-order valence-electron chi connectivity index (χ2n) is 6.11. The van der Waals surface area contributed by atoms with E-state index in [4.69, 9.17) is 9.47 Å². The van der Waals surface area contributed by atoms with Gasteiger partial charge in [0.15, 0.2) is 0 Å². The Morgan fingerprint density at radius 1 is 1.11 bits per heavy atom. The molecule has 1 aliphatic rings. The number of carbonyl (C=O) groups is 2. The third-order valence-corrected chi connectivity index (χ3v) is 5.24.